The highest BCUT2D eigenvalue weighted by Gasteiger charge is 2.14. The van der Waals surface area contributed by atoms with Crippen LogP contribution >= 0.6 is 0 Å². The SMILES string of the molecule is CCC(N)CS(=O)(=O)CCOCC(C)C. The highest BCUT2D eigenvalue weighted by molar-refractivity contribution is 7.91. The average Bonchev–Trinajstić information content (AvgIpc) is 2.11. The number of hydrogen-bond donors (Lipinski definition) is 1. The molecule has 0 aromatic rings. The Bertz CT molecular complexity index is 249. The largest absolute Gasteiger partial charge is 0.380 e. The van der Waals surface area contributed by atoms with Gasteiger partial charge < -0.3 is 10.5 Å². The molecule has 0 rings (SSSR count). The Morgan fingerprint density at radius 2 is 1.93 bits per heavy atom. The van der Waals surface area contributed by atoms with Crippen LogP contribution in [0.4, 0.5) is 0 Å². The Balaban J connectivity index is 3.75. The molecule has 0 aromatic heterocycles. The van der Waals surface area contributed by atoms with E-state index in [1.54, 1.807) is 0 Å². The van der Waals surface area contributed by atoms with Crippen molar-refractivity contribution in [3.05, 3.63) is 0 Å². The fourth-order valence-electron chi connectivity index (χ4n) is 1.03. The van der Waals surface area contributed by atoms with Crippen LogP contribution in [-0.4, -0.2) is 39.2 Å². The monoisotopic (exact) mass is 237 g/mol. The molecule has 0 radical (unpaired) electrons. The lowest BCUT2D eigenvalue weighted by atomic mass is 10.2. The fourth-order valence-corrected chi connectivity index (χ4v) is 2.46. The zero-order valence-electron chi connectivity index (χ0n) is 9.90. The third-order valence-electron chi connectivity index (χ3n) is 1.98. The first kappa shape index (κ1) is 14.9. The highest BCUT2D eigenvalue weighted by Crippen LogP contribution is 1.98. The lowest BCUT2D eigenvalue weighted by Crippen LogP contribution is -2.31. The summed E-state index contributed by atoms with van der Waals surface area (Å²) >= 11 is 0. The molecule has 1 atom stereocenters. The summed E-state index contributed by atoms with van der Waals surface area (Å²) < 4.78 is 28.2. The van der Waals surface area contributed by atoms with Gasteiger partial charge in [0, 0.05) is 12.6 Å². The maximum atomic E-state index is 11.5. The van der Waals surface area contributed by atoms with Gasteiger partial charge in [0.25, 0.3) is 0 Å². The second-order valence-corrected chi connectivity index (χ2v) is 6.48. The van der Waals surface area contributed by atoms with Gasteiger partial charge in [-0.25, -0.2) is 8.42 Å². The van der Waals surface area contributed by atoms with Gasteiger partial charge in [0.15, 0.2) is 9.84 Å². The Kier molecular flexibility index (Phi) is 7.13. The third-order valence-corrected chi connectivity index (χ3v) is 3.71. The van der Waals surface area contributed by atoms with Crippen LogP contribution in [0.15, 0.2) is 0 Å². The van der Waals surface area contributed by atoms with E-state index >= 15 is 0 Å². The van der Waals surface area contributed by atoms with Crippen LogP contribution in [0.3, 0.4) is 0 Å². The smallest absolute Gasteiger partial charge is 0.154 e. The zero-order chi connectivity index (χ0) is 11.9. The van der Waals surface area contributed by atoms with Crippen molar-refractivity contribution in [2.24, 2.45) is 11.7 Å². The minimum atomic E-state index is -3.04. The minimum absolute atomic E-state index is 0.0640. The lowest BCUT2D eigenvalue weighted by Gasteiger charge is -2.10. The average molecular weight is 237 g/mol. The molecule has 2 N–H and O–H groups in total. The van der Waals surface area contributed by atoms with Crippen LogP contribution in [0, 0.1) is 5.92 Å². The van der Waals surface area contributed by atoms with E-state index in [0.717, 1.165) is 0 Å². The number of hydrogen-bond acceptors (Lipinski definition) is 4. The third kappa shape index (κ3) is 8.84. The molecule has 0 saturated carbocycles. The molecular formula is C10H23NO3S. The number of sulfone groups is 1. The maximum Gasteiger partial charge on any atom is 0.154 e. The summed E-state index contributed by atoms with van der Waals surface area (Å²) in [7, 11) is -3.04. The minimum Gasteiger partial charge on any atom is -0.380 e. The summed E-state index contributed by atoms with van der Waals surface area (Å²) in [6.07, 6.45) is 0.687. The first-order valence-electron chi connectivity index (χ1n) is 5.41. The van der Waals surface area contributed by atoms with Gasteiger partial charge >= 0.3 is 0 Å². The molecule has 0 saturated heterocycles. The van der Waals surface area contributed by atoms with E-state index in [9.17, 15) is 8.42 Å². The van der Waals surface area contributed by atoms with Crippen LogP contribution in [0.5, 0.6) is 0 Å². The van der Waals surface area contributed by atoms with Crippen molar-refractivity contribution in [3.63, 3.8) is 0 Å². The van der Waals surface area contributed by atoms with Crippen LogP contribution in [0.1, 0.15) is 27.2 Å². The van der Waals surface area contributed by atoms with E-state index in [-0.39, 0.29) is 24.2 Å². The van der Waals surface area contributed by atoms with E-state index in [1.807, 2.05) is 20.8 Å². The highest BCUT2D eigenvalue weighted by atomic mass is 32.2. The van der Waals surface area contributed by atoms with Gasteiger partial charge in [0.05, 0.1) is 18.1 Å². The van der Waals surface area contributed by atoms with Crippen molar-refractivity contribution in [1.29, 1.82) is 0 Å². The van der Waals surface area contributed by atoms with Crippen LogP contribution in [0.25, 0.3) is 0 Å². The fraction of sp³-hybridized carbons (Fsp3) is 1.00. The summed E-state index contributed by atoms with van der Waals surface area (Å²) in [5.41, 5.74) is 5.59. The van der Waals surface area contributed by atoms with Gasteiger partial charge in [0.2, 0.25) is 0 Å². The van der Waals surface area contributed by atoms with Crippen molar-refractivity contribution in [2.45, 2.75) is 33.2 Å². The van der Waals surface area contributed by atoms with E-state index < -0.39 is 9.84 Å². The second-order valence-electron chi connectivity index (χ2n) is 4.25. The molecule has 5 heteroatoms. The van der Waals surface area contributed by atoms with Gasteiger partial charge in [-0.1, -0.05) is 20.8 Å². The molecule has 0 bridgehead atoms. The van der Waals surface area contributed by atoms with E-state index in [1.165, 1.54) is 0 Å². The molecule has 0 spiro atoms. The maximum absolute atomic E-state index is 11.5. The normalized spacial score (nSPS) is 14.5. The molecule has 0 amide bonds. The summed E-state index contributed by atoms with van der Waals surface area (Å²) in [6, 6.07) is -0.250. The molecule has 0 aliphatic rings. The summed E-state index contributed by atoms with van der Waals surface area (Å²) in [6.45, 7) is 6.82. The number of rotatable bonds is 8. The van der Waals surface area contributed by atoms with Crippen molar-refractivity contribution < 1.29 is 13.2 Å². The van der Waals surface area contributed by atoms with Crippen molar-refractivity contribution >= 4 is 9.84 Å². The Morgan fingerprint density at radius 1 is 1.33 bits per heavy atom. The molecular weight excluding hydrogens is 214 g/mol. The van der Waals surface area contributed by atoms with Crippen molar-refractivity contribution in [2.75, 3.05) is 24.7 Å². The first-order valence-corrected chi connectivity index (χ1v) is 7.23. The van der Waals surface area contributed by atoms with E-state index in [4.69, 9.17) is 10.5 Å². The quantitative estimate of drug-likeness (QED) is 0.634. The predicted octanol–water partition coefficient (Wildman–Crippen LogP) is 0.811. The second kappa shape index (κ2) is 7.19. The Labute approximate surface area is 93.1 Å². The van der Waals surface area contributed by atoms with Gasteiger partial charge in [0.1, 0.15) is 0 Å². The molecule has 0 heterocycles. The van der Waals surface area contributed by atoms with Crippen molar-refractivity contribution in [3.8, 4) is 0 Å². The standard InChI is InChI=1S/C10H23NO3S/c1-4-10(11)8-15(12,13)6-5-14-7-9(2)3/h9-10H,4-8,11H2,1-3H3. The van der Waals surface area contributed by atoms with E-state index in [2.05, 4.69) is 0 Å². The predicted molar refractivity (Wildman–Crippen MR) is 62.6 cm³/mol. The van der Waals surface area contributed by atoms with Crippen LogP contribution in [-0.2, 0) is 14.6 Å². The molecule has 4 nitrogen and oxygen atoms in total. The van der Waals surface area contributed by atoms with Crippen LogP contribution < -0.4 is 5.73 Å². The lowest BCUT2D eigenvalue weighted by molar-refractivity contribution is 0.123. The first-order chi connectivity index (χ1) is 6.87. The van der Waals surface area contributed by atoms with E-state index in [0.29, 0.717) is 18.9 Å². The van der Waals surface area contributed by atoms with Gasteiger partial charge in [-0.2, -0.15) is 0 Å². The molecule has 15 heavy (non-hydrogen) atoms. The zero-order valence-corrected chi connectivity index (χ0v) is 10.7. The summed E-state index contributed by atoms with van der Waals surface area (Å²) in [5, 5.41) is 0. The van der Waals surface area contributed by atoms with Crippen LogP contribution in [0.2, 0.25) is 0 Å². The summed E-state index contributed by atoms with van der Waals surface area (Å²) in [4.78, 5) is 0. The Hall–Kier alpha value is -0.130. The van der Waals surface area contributed by atoms with Gasteiger partial charge in [-0.3, -0.25) is 0 Å². The summed E-state index contributed by atoms with van der Waals surface area (Å²) in [5.74, 6) is 0.577. The molecule has 0 aromatic carbocycles. The van der Waals surface area contributed by atoms with Crippen molar-refractivity contribution in [1.82, 2.24) is 0 Å². The molecule has 0 aliphatic heterocycles. The number of ether oxygens (including phenoxy) is 1. The molecule has 0 fully saturated rings. The number of nitrogens with two attached hydrogens (primary N) is 1. The molecule has 0 aliphatic carbocycles. The topological polar surface area (TPSA) is 69.4 Å². The van der Waals surface area contributed by atoms with Gasteiger partial charge in [-0.15, -0.1) is 0 Å². The molecule has 1 unspecified atom stereocenters. The molecule has 92 valence electrons. The van der Waals surface area contributed by atoms with Gasteiger partial charge in [-0.05, 0) is 12.3 Å². The Morgan fingerprint density at radius 3 is 2.40 bits per heavy atom.